The Morgan fingerprint density at radius 2 is 2.21 bits per heavy atom. The van der Waals surface area contributed by atoms with E-state index in [-0.39, 0.29) is 0 Å². The molecule has 0 aliphatic carbocycles. The number of nitrogens with one attached hydrogen (secondary N) is 2. The molecule has 1 unspecified atom stereocenters. The zero-order chi connectivity index (χ0) is 16.4. The van der Waals surface area contributed by atoms with E-state index in [1.54, 1.807) is 23.7 Å². The molecule has 1 atom stereocenters. The molecule has 1 fully saturated rings. The molecule has 0 bridgehead atoms. The second kappa shape index (κ2) is 6.83. The lowest BCUT2D eigenvalue weighted by atomic mass is 10.00. The molecule has 3 aromatic heterocycles. The number of anilines is 1. The molecule has 4 heterocycles. The quantitative estimate of drug-likeness (QED) is 0.762. The van der Waals surface area contributed by atoms with E-state index in [4.69, 9.17) is 4.98 Å². The van der Waals surface area contributed by atoms with Crippen LogP contribution in [0.4, 0.5) is 5.82 Å². The Balaban J connectivity index is 1.66. The highest BCUT2D eigenvalue weighted by Gasteiger charge is 2.15. The third kappa shape index (κ3) is 3.25. The maximum absolute atomic E-state index is 4.85. The molecule has 1 aliphatic heterocycles. The molecular weight excluding hydrogens is 318 g/mol. The zero-order valence-electron chi connectivity index (χ0n) is 13.7. The largest absolute Gasteiger partial charge is 0.368 e. The fourth-order valence-electron chi connectivity index (χ4n) is 3.13. The van der Waals surface area contributed by atoms with E-state index in [0.717, 1.165) is 42.2 Å². The van der Waals surface area contributed by atoms with Crippen LogP contribution in [0.3, 0.4) is 0 Å². The van der Waals surface area contributed by atoms with Crippen molar-refractivity contribution < 1.29 is 0 Å². The van der Waals surface area contributed by atoms with E-state index >= 15 is 0 Å². The number of aryl methyl sites for hydroxylation is 1. The first-order valence-corrected chi connectivity index (χ1v) is 9.24. The molecule has 0 amide bonds. The highest BCUT2D eigenvalue weighted by atomic mass is 32.1. The molecule has 24 heavy (non-hydrogen) atoms. The van der Waals surface area contributed by atoms with E-state index in [1.807, 2.05) is 6.07 Å². The molecule has 0 saturated carbocycles. The topological polar surface area (TPSA) is 62.7 Å². The Morgan fingerprint density at radius 1 is 1.29 bits per heavy atom. The van der Waals surface area contributed by atoms with Gasteiger partial charge in [-0.15, -0.1) is 11.3 Å². The molecule has 1 saturated heterocycles. The Labute approximate surface area is 145 Å². The highest BCUT2D eigenvalue weighted by molar-refractivity contribution is 7.15. The third-order valence-electron chi connectivity index (χ3n) is 4.41. The summed E-state index contributed by atoms with van der Waals surface area (Å²) in [6, 6.07) is 6.28. The lowest BCUT2D eigenvalue weighted by Gasteiger charge is -2.23. The molecule has 2 N–H and O–H groups in total. The van der Waals surface area contributed by atoms with Crippen LogP contribution in [-0.4, -0.2) is 34.6 Å². The van der Waals surface area contributed by atoms with Crippen molar-refractivity contribution in [2.75, 3.05) is 25.0 Å². The highest BCUT2D eigenvalue weighted by Crippen LogP contribution is 2.30. The van der Waals surface area contributed by atoms with Crippen LogP contribution >= 0.6 is 11.3 Å². The molecule has 124 valence electrons. The molecule has 3 aromatic rings. The SMILES string of the molecule is Cc1ccc(-c2cc3nccnc3c(NCC3CCCNC3)n2)s1. The van der Waals surface area contributed by atoms with Crippen molar-refractivity contribution in [3.63, 3.8) is 0 Å². The summed E-state index contributed by atoms with van der Waals surface area (Å²) in [4.78, 5) is 16.3. The minimum Gasteiger partial charge on any atom is -0.368 e. The van der Waals surface area contributed by atoms with Gasteiger partial charge in [0.2, 0.25) is 0 Å². The molecule has 0 spiro atoms. The summed E-state index contributed by atoms with van der Waals surface area (Å²) >= 11 is 1.76. The van der Waals surface area contributed by atoms with E-state index in [2.05, 4.69) is 39.7 Å². The molecule has 4 rings (SSSR count). The van der Waals surface area contributed by atoms with Gasteiger partial charge in [-0.05, 0) is 57.0 Å². The first kappa shape index (κ1) is 15.5. The maximum Gasteiger partial charge on any atom is 0.154 e. The van der Waals surface area contributed by atoms with Crippen LogP contribution in [0.1, 0.15) is 17.7 Å². The average Bonchev–Trinajstić information content (AvgIpc) is 3.07. The second-order valence-electron chi connectivity index (χ2n) is 6.28. The van der Waals surface area contributed by atoms with E-state index in [0.29, 0.717) is 5.92 Å². The first-order chi connectivity index (χ1) is 11.8. The van der Waals surface area contributed by atoms with Gasteiger partial charge < -0.3 is 10.6 Å². The van der Waals surface area contributed by atoms with Gasteiger partial charge in [-0.3, -0.25) is 4.98 Å². The van der Waals surface area contributed by atoms with Crippen molar-refractivity contribution in [1.82, 2.24) is 20.3 Å². The maximum atomic E-state index is 4.85. The monoisotopic (exact) mass is 339 g/mol. The van der Waals surface area contributed by atoms with Gasteiger partial charge in [0.15, 0.2) is 5.82 Å². The second-order valence-corrected chi connectivity index (χ2v) is 7.57. The van der Waals surface area contributed by atoms with Crippen LogP contribution in [0, 0.1) is 12.8 Å². The Kier molecular flexibility index (Phi) is 4.40. The summed E-state index contributed by atoms with van der Waals surface area (Å²) in [5, 5.41) is 6.99. The number of hydrogen-bond acceptors (Lipinski definition) is 6. The molecule has 6 heteroatoms. The van der Waals surface area contributed by atoms with Crippen LogP contribution in [0.25, 0.3) is 21.6 Å². The van der Waals surface area contributed by atoms with E-state index < -0.39 is 0 Å². The van der Waals surface area contributed by atoms with Crippen molar-refractivity contribution >= 4 is 28.2 Å². The third-order valence-corrected chi connectivity index (χ3v) is 5.43. The van der Waals surface area contributed by atoms with E-state index in [1.165, 1.54) is 22.6 Å². The minimum absolute atomic E-state index is 0.639. The fraction of sp³-hybridized carbons (Fsp3) is 0.389. The molecule has 5 nitrogen and oxygen atoms in total. The summed E-state index contributed by atoms with van der Waals surface area (Å²) in [6.07, 6.45) is 5.97. The van der Waals surface area contributed by atoms with Crippen molar-refractivity contribution in [1.29, 1.82) is 0 Å². The number of aromatic nitrogens is 3. The number of pyridine rings is 1. The van der Waals surface area contributed by atoms with Gasteiger partial charge >= 0.3 is 0 Å². The summed E-state index contributed by atoms with van der Waals surface area (Å²) < 4.78 is 0. The number of hydrogen-bond donors (Lipinski definition) is 2. The fourth-order valence-corrected chi connectivity index (χ4v) is 3.96. The van der Waals surface area contributed by atoms with Crippen LogP contribution in [0.5, 0.6) is 0 Å². The predicted molar refractivity (Wildman–Crippen MR) is 99.5 cm³/mol. The van der Waals surface area contributed by atoms with Gasteiger partial charge in [-0.1, -0.05) is 0 Å². The number of rotatable bonds is 4. The number of nitrogens with zero attached hydrogens (tertiary/aromatic N) is 3. The van der Waals surface area contributed by atoms with Crippen molar-refractivity contribution in [2.24, 2.45) is 5.92 Å². The smallest absolute Gasteiger partial charge is 0.154 e. The minimum atomic E-state index is 0.639. The number of thiophene rings is 1. The Hall–Kier alpha value is -2.05. The van der Waals surface area contributed by atoms with Crippen LogP contribution in [0.2, 0.25) is 0 Å². The normalized spacial score (nSPS) is 18.0. The summed E-state index contributed by atoms with van der Waals surface area (Å²) in [7, 11) is 0. The molecular formula is C18H21N5S. The molecule has 0 aromatic carbocycles. The lowest BCUT2D eigenvalue weighted by molar-refractivity contribution is 0.392. The van der Waals surface area contributed by atoms with E-state index in [9.17, 15) is 0 Å². The van der Waals surface area contributed by atoms with Crippen molar-refractivity contribution in [3.05, 3.63) is 35.5 Å². The van der Waals surface area contributed by atoms with Crippen molar-refractivity contribution in [3.8, 4) is 10.6 Å². The van der Waals surface area contributed by atoms with Crippen LogP contribution in [0.15, 0.2) is 30.6 Å². The van der Waals surface area contributed by atoms with Crippen LogP contribution in [-0.2, 0) is 0 Å². The van der Waals surface area contributed by atoms with Crippen molar-refractivity contribution in [2.45, 2.75) is 19.8 Å². The van der Waals surface area contributed by atoms with Gasteiger partial charge in [-0.25, -0.2) is 9.97 Å². The summed E-state index contributed by atoms with van der Waals surface area (Å²) in [5.74, 6) is 1.48. The Morgan fingerprint density at radius 3 is 3.00 bits per heavy atom. The standard InChI is InChI=1S/C18H21N5S/c1-12-4-5-16(24-12)14-9-15-17(21-8-7-20-15)18(23-14)22-11-13-3-2-6-19-10-13/h4-5,7-9,13,19H,2-3,6,10-11H2,1H3,(H,22,23). The summed E-state index contributed by atoms with van der Waals surface area (Å²) in [5.41, 5.74) is 2.70. The Bertz CT molecular complexity index is 838. The average molecular weight is 339 g/mol. The molecule has 1 aliphatic rings. The van der Waals surface area contributed by atoms with Gasteiger partial charge in [0.05, 0.1) is 16.1 Å². The number of piperidine rings is 1. The number of fused-ring (bicyclic) bond motifs is 1. The van der Waals surface area contributed by atoms with Gasteiger partial charge in [-0.2, -0.15) is 0 Å². The predicted octanol–water partition coefficient (Wildman–Crippen LogP) is 3.47. The molecule has 0 radical (unpaired) electrons. The van der Waals surface area contributed by atoms with Gasteiger partial charge in [0.25, 0.3) is 0 Å². The summed E-state index contributed by atoms with van der Waals surface area (Å²) in [6.45, 7) is 5.24. The van der Waals surface area contributed by atoms with Gasteiger partial charge in [0, 0.05) is 23.8 Å². The van der Waals surface area contributed by atoms with Crippen LogP contribution < -0.4 is 10.6 Å². The zero-order valence-corrected chi connectivity index (χ0v) is 14.6. The van der Waals surface area contributed by atoms with Gasteiger partial charge in [0.1, 0.15) is 5.52 Å². The lowest BCUT2D eigenvalue weighted by Crippen LogP contribution is -2.33. The first-order valence-electron chi connectivity index (χ1n) is 8.43.